The third-order valence-corrected chi connectivity index (χ3v) is 6.83. The Bertz CT molecular complexity index is 1220. The number of imide groups is 1. The van der Waals surface area contributed by atoms with Crippen LogP contribution >= 0.6 is 0 Å². The Balaban J connectivity index is 1.17. The van der Waals surface area contributed by atoms with Crippen LogP contribution in [0.25, 0.3) is 0 Å². The third-order valence-electron chi connectivity index (χ3n) is 6.83. The number of halogens is 1. The van der Waals surface area contributed by atoms with Gasteiger partial charge in [-0.1, -0.05) is 11.8 Å². The van der Waals surface area contributed by atoms with Crippen molar-refractivity contribution >= 4 is 29.1 Å². The Labute approximate surface area is 195 Å². The summed E-state index contributed by atoms with van der Waals surface area (Å²) in [5.74, 6) is 4.95. The maximum atomic E-state index is 14.7. The molecule has 9 nitrogen and oxygen atoms in total. The van der Waals surface area contributed by atoms with Gasteiger partial charge in [0.1, 0.15) is 17.4 Å². The van der Waals surface area contributed by atoms with Crippen LogP contribution in [0, 0.1) is 23.6 Å². The zero-order valence-corrected chi connectivity index (χ0v) is 18.5. The molecule has 1 aromatic heterocycles. The molecule has 3 aliphatic rings. The van der Waals surface area contributed by atoms with Crippen LogP contribution in [-0.2, 0) is 19.9 Å². The van der Waals surface area contributed by atoms with Crippen LogP contribution in [-0.4, -0.2) is 46.6 Å². The zero-order valence-electron chi connectivity index (χ0n) is 18.5. The summed E-state index contributed by atoms with van der Waals surface area (Å²) < 4.78 is 16.3. The lowest BCUT2D eigenvalue weighted by molar-refractivity contribution is -0.134. The maximum Gasteiger partial charge on any atom is 0.249 e. The number of nitrogens with one attached hydrogen (secondary N) is 2. The number of aromatic nitrogens is 2. The second-order valence-corrected chi connectivity index (χ2v) is 9.11. The van der Waals surface area contributed by atoms with Gasteiger partial charge in [-0.3, -0.25) is 24.4 Å². The number of nitrogens with two attached hydrogens (primary N) is 1. The van der Waals surface area contributed by atoms with Gasteiger partial charge in [0.25, 0.3) is 0 Å². The van der Waals surface area contributed by atoms with E-state index in [2.05, 4.69) is 27.6 Å². The molecule has 3 fully saturated rings. The molecular formula is C24H25FN6O3. The SMILES string of the molecule is NC(=O)C1(n2cc(C#CC3CN(c4ccc(NC5CCC(=O)NC5=O)cc4F)C3)cn2)CCC1. The molecule has 1 aromatic carbocycles. The first-order valence-electron chi connectivity index (χ1n) is 11.4. The van der Waals surface area contributed by atoms with Crippen molar-refractivity contribution in [2.45, 2.75) is 43.7 Å². The number of amides is 3. The highest BCUT2D eigenvalue weighted by Gasteiger charge is 2.45. The number of hydrogen-bond acceptors (Lipinski definition) is 6. The molecule has 2 saturated heterocycles. The summed E-state index contributed by atoms with van der Waals surface area (Å²) in [5.41, 5.74) is 6.55. The van der Waals surface area contributed by atoms with Gasteiger partial charge in [-0.05, 0) is 43.9 Å². The molecule has 4 N–H and O–H groups in total. The highest BCUT2D eigenvalue weighted by Crippen LogP contribution is 2.38. The van der Waals surface area contributed by atoms with E-state index in [-0.39, 0.29) is 30.0 Å². The van der Waals surface area contributed by atoms with Crippen LogP contribution in [0.4, 0.5) is 15.8 Å². The minimum Gasteiger partial charge on any atom is -0.374 e. The number of hydrogen-bond donors (Lipinski definition) is 3. The first-order chi connectivity index (χ1) is 16.3. The fraction of sp³-hybridized carbons (Fsp3) is 0.417. The normalized spacial score (nSPS) is 21.6. The predicted molar refractivity (Wildman–Crippen MR) is 122 cm³/mol. The molecule has 176 valence electrons. The van der Waals surface area contributed by atoms with E-state index in [0.717, 1.165) is 12.0 Å². The summed E-state index contributed by atoms with van der Waals surface area (Å²) in [7, 11) is 0. The first kappa shape index (κ1) is 21.9. The van der Waals surface area contributed by atoms with Gasteiger partial charge < -0.3 is 16.0 Å². The number of primary amides is 1. The Kier molecular flexibility index (Phi) is 5.48. The van der Waals surface area contributed by atoms with E-state index in [0.29, 0.717) is 43.7 Å². The van der Waals surface area contributed by atoms with Crippen molar-refractivity contribution in [1.82, 2.24) is 15.1 Å². The highest BCUT2D eigenvalue weighted by molar-refractivity contribution is 6.01. The zero-order chi connectivity index (χ0) is 23.9. The van der Waals surface area contributed by atoms with Crippen molar-refractivity contribution < 1.29 is 18.8 Å². The predicted octanol–water partition coefficient (Wildman–Crippen LogP) is 1.09. The fourth-order valence-corrected chi connectivity index (χ4v) is 4.56. The van der Waals surface area contributed by atoms with Gasteiger partial charge in [-0.15, -0.1) is 0 Å². The summed E-state index contributed by atoms with van der Waals surface area (Å²) in [6.07, 6.45) is 6.38. The average molecular weight is 465 g/mol. The summed E-state index contributed by atoms with van der Waals surface area (Å²) in [5, 5.41) is 9.56. The number of carbonyl (C=O) groups is 3. The molecule has 0 radical (unpaired) electrons. The van der Waals surface area contributed by atoms with E-state index in [9.17, 15) is 18.8 Å². The molecule has 2 aliphatic heterocycles. The van der Waals surface area contributed by atoms with Crippen molar-refractivity contribution in [1.29, 1.82) is 0 Å². The Hall–Kier alpha value is -3.87. The quantitative estimate of drug-likeness (QED) is 0.450. The number of benzene rings is 1. The molecule has 0 bridgehead atoms. The van der Waals surface area contributed by atoms with Crippen LogP contribution < -0.4 is 21.3 Å². The molecular weight excluding hydrogens is 439 g/mol. The number of piperidine rings is 1. The van der Waals surface area contributed by atoms with Crippen LogP contribution in [0.2, 0.25) is 0 Å². The topological polar surface area (TPSA) is 122 Å². The number of nitrogens with zero attached hydrogens (tertiary/aromatic N) is 3. The maximum absolute atomic E-state index is 14.7. The van der Waals surface area contributed by atoms with Crippen LogP contribution in [0.5, 0.6) is 0 Å². The molecule has 1 aliphatic carbocycles. The summed E-state index contributed by atoms with van der Waals surface area (Å²) in [6.45, 7) is 1.20. The molecule has 1 atom stereocenters. The summed E-state index contributed by atoms with van der Waals surface area (Å²) in [4.78, 5) is 36.9. The molecule has 34 heavy (non-hydrogen) atoms. The van der Waals surface area contributed by atoms with E-state index >= 15 is 0 Å². The van der Waals surface area contributed by atoms with Crippen molar-refractivity contribution in [3.05, 3.63) is 42.0 Å². The van der Waals surface area contributed by atoms with Crippen LogP contribution in [0.1, 0.15) is 37.7 Å². The highest BCUT2D eigenvalue weighted by atomic mass is 19.1. The minimum atomic E-state index is -0.718. The van der Waals surface area contributed by atoms with Crippen molar-refractivity contribution in [3.8, 4) is 11.8 Å². The molecule has 1 unspecified atom stereocenters. The van der Waals surface area contributed by atoms with Gasteiger partial charge in [-0.25, -0.2) is 4.39 Å². The molecule has 0 spiro atoms. The molecule has 1 saturated carbocycles. The van der Waals surface area contributed by atoms with Gasteiger partial charge >= 0.3 is 0 Å². The van der Waals surface area contributed by atoms with Gasteiger partial charge in [0.2, 0.25) is 17.7 Å². The van der Waals surface area contributed by atoms with Crippen LogP contribution in [0.15, 0.2) is 30.6 Å². The monoisotopic (exact) mass is 464 g/mol. The smallest absolute Gasteiger partial charge is 0.249 e. The lowest BCUT2D eigenvalue weighted by atomic mass is 9.76. The van der Waals surface area contributed by atoms with Gasteiger partial charge in [-0.2, -0.15) is 5.10 Å². The fourth-order valence-electron chi connectivity index (χ4n) is 4.56. The van der Waals surface area contributed by atoms with Crippen molar-refractivity contribution in [2.24, 2.45) is 11.7 Å². The molecule has 3 amide bonds. The standard InChI is InChI=1S/C24H25FN6O3/c25-18-10-17(28-19-5-7-21(32)29-22(19)33)4-6-20(18)30-12-16(13-30)3-2-15-11-27-31(14-15)24(23(26)34)8-1-9-24/h4,6,10-11,14,16,19,28H,1,5,7-9,12-13H2,(H2,26,34)(H,29,32,33). The molecule has 5 rings (SSSR count). The molecule has 2 aromatic rings. The largest absolute Gasteiger partial charge is 0.374 e. The third kappa shape index (κ3) is 3.98. The lowest BCUT2D eigenvalue weighted by Gasteiger charge is -2.38. The van der Waals surface area contributed by atoms with E-state index in [1.54, 1.807) is 29.2 Å². The van der Waals surface area contributed by atoms with Gasteiger partial charge in [0.15, 0.2) is 0 Å². The molecule has 3 heterocycles. The number of anilines is 2. The Morgan fingerprint density at radius 2 is 2.09 bits per heavy atom. The van der Waals surface area contributed by atoms with Crippen LogP contribution in [0.3, 0.4) is 0 Å². The average Bonchev–Trinajstić information content (AvgIpc) is 3.18. The second kappa shape index (κ2) is 8.48. The first-order valence-corrected chi connectivity index (χ1v) is 11.4. The van der Waals surface area contributed by atoms with Crippen molar-refractivity contribution in [2.75, 3.05) is 23.3 Å². The summed E-state index contributed by atoms with van der Waals surface area (Å²) >= 11 is 0. The number of rotatable bonds is 5. The lowest BCUT2D eigenvalue weighted by Crippen LogP contribution is -2.51. The Morgan fingerprint density at radius 3 is 2.74 bits per heavy atom. The van der Waals surface area contributed by atoms with E-state index in [1.807, 2.05) is 4.90 Å². The van der Waals surface area contributed by atoms with E-state index in [1.165, 1.54) is 6.07 Å². The van der Waals surface area contributed by atoms with Gasteiger partial charge in [0.05, 0.1) is 23.4 Å². The van der Waals surface area contributed by atoms with Gasteiger partial charge in [0, 0.05) is 31.4 Å². The summed E-state index contributed by atoms with van der Waals surface area (Å²) in [6, 6.07) is 4.21. The molecule has 10 heteroatoms. The Morgan fingerprint density at radius 1 is 1.29 bits per heavy atom. The minimum absolute atomic E-state index is 0.0952. The second-order valence-electron chi connectivity index (χ2n) is 9.11. The van der Waals surface area contributed by atoms with E-state index in [4.69, 9.17) is 5.73 Å². The van der Waals surface area contributed by atoms with E-state index < -0.39 is 17.5 Å². The van der Waals surface area contributed by atoms with Crippen molar-refractivity contribution in [3.63, 3.8) is 0 Å². The number of carbonyl (C=O) groups excluding carboxylic acids is 3.